The summed E-state index contributed by atoms with van der Waals surface area (Å²) in [5.74, 6) is 1.19. The summed E-state index contributed by atoms with van der Waals surface area (Å²) in [6.45, 7) is 6.82. The molecule has 3 heterocycles. The van der Waals surface area contributed by atoms with E-state index in [4.69, 9.17) is 4.74 Å². The van der Waals surface area contributed by atoms with Crippen LogP contribution in [0.15, 0.2) is 35.7 Å². The van der Waals surface area contributed by atoms with E-state index in [2.05, 4.69) is 35.4 Å². The zero-order valence-corrected chi connectivity index (χ0v) is 16.8. The largest absolute Gasteiger partial charge is 0.494 e. The standard InChI is InChI=1S/C22H28N2O2S/c1-2-12-26-20-6-3-17(4-7-20)5-8-22(25)24-15-19(16-24)23-11-9-21-18(14-23)10-13-27-21/h3-4,6-7,10,13,19H,2,5,8-9,11-12,14-16H2,1H3. The molecule has 0 N–H and O–H groups in total. The first-order chi connectivity index (χ1) is 13.2. The first kappa shape index (κ1) is 18.5. The van der Waals surface area contributed by atoms with Gasteiger partial charge < -0.3 is 9.64 Å². The van der Waals surface area contributed by atoms with E-state index < -0.39 is 0 Å². The summed E-state index contributed by atoms with van der Waals surface area (Å²) >= 11 is 1.88. The van der Waals surface area contributed by atoms with Crippen molar-refractivity contribution >= 4 is 17.2 Å². The van der Waals surface area contributed by atoms with Crippen molar-refractivity contribution in [2.45, 2.75) is 45.2 Å². The van der Waals surface area contributed by atoms with Gasteiger partial charge in [0.1, 0.15) is 5.75 Å². The molecule has 2 aliphatic heterocycles. The average molecular weight is 385 g/mol. The normalized spacial score (nSPS) is 17.4. The number of benzene rings is 1. The van der Waals surface area contributed by atoms with Crippen LogP contribution in [0.5, 0.6) is 5.75 Å². The number of hydrogen-bond donors (Lipinski definition) is 0. The van der Waals surface area contributed by atoms with Gasteiger partial charge >= 0.3 is 0 Å². The van der Waals surface area contributed by atoms with E-state index in [0.29, 0.717) is 12.5 Å². The van der Waals surface area contributed by atoms with Gasteiger partial charge in [-0.1, -0.05) is 19.1 Å². The van der Waals surface area contributed by atoms with Crippen LogP contribution in [-0.4, -0.2) is 48.0 Å². The van der Waals surface area contributed by atoms with E-state index in [9.17, 15) is 4.79 Å². The molecule has 1 aromatic heterocycles. The maximum Gasteiger partial charge on any atom is 0.223 e. The Morgan fingerprint density at radius 1 is 1.22 bits per heavy atom. The molecular weight excluding hydrogens is 356 g/mol. The smallest absolute Gasteiger partial charge is 0.223 e. The summed E-state index contributed by atoms with van der Waals surface area (Å²) in [5.41, 5.74) is 2.69. The second kappa shape index (κ2) is 8.44. The van der Waals surface area contributed by atoms with Gasteiger partial charge in [-0.2, -0.15) is 0 Å². The average Bonchev–Trinajstić information content (AvgIpc) is 3.12. The van der Waals surface area contributed by atoms with Gasteiger partial charge in [-0.15, -0.1) is 11.3 Å². The number of carbonyl (C=O) groups excluding carboxylic acids is 1. The lowest BCUT2D eigenvalue weighted by atomic mass is 10.0. The summed E-state index contributed by atoms with van der Waals surface area (Å²) in [6.07, 6.45) is 3.57. The Hall–Kier alpha value is -1.85. The van der Waals surface area contributed by atoms with Crippen LogP contribution >= 0.6 is 11.3 Å². The number of nitrogens with zero attached hydrogens (tertiary/aromatic N) is 2. The summed E-state index contributed by atoms with van der Waals surface area (Å²) in [7, 11) is 0. The highest BCUT2D eigenvalue weighted by molar-refractivity contribution is 7.10. The number of likely N-dealkylation sites (tertiary alicyclic amines) is 1. The van der Waals surface area contributed by atoms with Crippen LogP contribution in [-0.2, 0) is 24.2 Å². The van der Waals surface area contributed by atoms with Crippen LogP contribution in [0.1, 0.15) is 35.8 Å². The van der Waals surface area contributed by atoms with Crippen molar-refractivity contribution < 1.29 is 9.53 Å². The maximum atomic E-state index is 12.5. The second-order valence-electron chi connectivity index (χ2n) is 7.53. The maximum absolute atomic E-state index is 12.5. The molecule has 0 aliphatic carbocycles. The van der Waals surface area contributed by atoms with Gasteiger partial charge in [-0.25, -0.2) is 0 Å². The van der Waals surface area contributed by atoms with Crippen LogP contribution in [0.3, 0.4) is 0 Å². The molecule has 0 unspecified atom stereocenters. The molecule has 1 aromatic carbocycles. The Balaban J connectivity index is 1.19. The fourth-order valence-corrected chi connectivity index (χ4v) is 4.74. The summed E-state index contributed by atoms with van der Waals surface area (Å²) in [5, 5.41) is 2.20. The Labute approximate surface area is 165 Å². The topological polar surface area (TPSA) is 32.8 Å². The van der Waals surface area contributed by atoms with E-state index in [0.717, 1.165) is 57.8 Å². The van der Waals surface area contributed by atoms with E-state index in [1.165, 1.54) is 11.1 Å². The molecule has 2 aromatic rings. The molecule has 144 valence electrons. The van der Waals surface area contributed by atoms with Crippen molar-refractivity contribution in [1.29, 1.82) is 0 Å². The molecule has 27 heavy (non-hydrogen) atoms. The van der Waals surface area contributed by atoms with Crippen molar-refractivity contribution in [2.24, 2.45) is 0 Å². The monoisotopic (exact) mass is 384 g/mol. The minimum absolute atomic E-state index is 0.283. The predicted octanol–water partition coefficient (Wildman–Crippen LogP) is 3.74. The third-order valence-electron chi connectivity index (χ3n) is 5.59. The van der Waals surface area contributed by atoms with E-state index in [1.54, 1.807) is 4.88 Å². The van der Waals surface area contributed by atoms with Crippen molar-refractivity contribution in [3.05, 3.63) is 51.7 Å². The molecule has 2 aliphatic rings. The van der Waals surface area contributed by atoms with Crippen LogP contribution in [0, 0.1) is 0 Å². The molecule has 1 saturated heterocycles. The zero-order chi connectivity index (χ0) is 18.6. The number of amides is 1. The Bertz CT molecular complexity index is 765. The Morgan fingerprint density at radius 3 is 2.81 bits per heavy atom. The lowest BCUT2D eigenvalue weighted by molar-refractivity contribution is -0.138. The minimum Gasteiger partial charge on any atom is -0.494 e. The lowest BCUT2D eigenvalue weighted by Crippen LogP contribution is -2.61. The van der Waals surface area contributed by atoms with Crippen molar-refractivity contribution in [3.63, 3.8) is 0 Å². The number of aryl methyl sites for hydroxylation is 1. The van der Waals surface area contributed by atoms with Crippen LogP contribution < -0.4 is 4.74 Å². The van der Waals surface area contributed by atoms with Gasteiger partial charge in [0.05, 0.1) is 6.61 Å². The SMILES string of the molecule is CCCOc1ccc(CCC(=O)N2CC(N3CCc4sccc4C3)C2)cc1. The third kappa shape index (κ3) is 4.36. The second-order valence-corrected chi connectivity index (χ2v) is 8.54. The molecule has 0 radical (unpaired) electrons. The molecule has 0 atom stereocenters. The minimum atomic E-state index is 0.283. The van der Waals surface area contributed by atoms with Gasteiger partial charge in [0.25, 0.3) is 0 Å². The quantitative estimate of drug-likeness (QED) is 0.729. The van der Waals surface area contributed by atoms with Gasteiger partial charge in [-0.05, 0) is 54.0 Å². The van der Waals surface area contributed by atoms with E-state index in [-0.39, 0.29) is 5.91 Å². The molecule has 0 bridgehead atoms. The van der Waals surface area contributed by atoms with Gasteiger partial charge in [0.2, 0.25) is 5.91 Å². The fourth-order valence-electron chi connectivity index (χ4n) is 3.85. The number of carbonyl (C=O) groups is 1. The molecular formula is C22H28N2O2S. The number of thiophene rings is 1. The molecule has 1 fully saturated rings. The summed E-state index contributed by atoms with van der Waals surface area (Å²) in [6, 6.07) is 10.9. The molecule has 0 spiro atoms. The summed E-state index contributed by atoms with van der Waals surface area (Å²) < 4.78 is 5.61. The lowest BCUT2D eigenvalue weighted by Gasteiger charge is -2.46. The zero-order valence-electron chi connectivity index (χ0n) is 16.0. The van der Waals surface area contributed by atoms with Crippen LogP contribution in [0.4, 0.5) is 0 Å². The number of ether oxygens (including phenoxy) is 1. The number of hydrogen-bond acceptors (Lipinski definition) is 4. The first-order valence-electron chi connectivity index (χ1n) is 10.0. The summed E-state index contributed by atoms with van der Waals surface area (Å²) in [4.78, 5) is 18.6. The highest BCUT2D eigenvalue weighted by Crippen LogP contribution is 2.28. The van der Waals surface area contributed by atoms with Crippen molar-refractivity contribution in [2.75, 3.05) is 26.2 Å². The molecule has 4 rings (SSSR count). The van der Waals surface area contributed by atoms with Gasteiger partial charge in [0.15, 0.2) is 0 Å². The Kier molecular flexibility index (Phi) is 5.79. The van der Waals surface area contributed by atoms with Crippen LogP contribution in [0.25, 0.3) is 0 Å². The first-order valence-corrected chi connectivity index (χ1v) is 10.9. The van der Waals surface area contributed by atoms with Crippen LogP contribution in [0.2, 0.25) is 0 Å². The fraction of sp³-hybridized carbons (Fsp3) is 0.500. The van der Waals surface area contributed by atoms with Crippen molar-refractivity contribution in [3.8, 4) is 5.75 Å². The molecule has 4 nitrogen and oxygen atoms in total. The number of fused-ring (bicyclic) bond motifs is 1. The molecule has 0 saturated carbocycles. The highest BCUT2D eigenvalue weighted by atomic mass is 32.1. The van der Waals surface area contributed by atoms with Gasteiger partial charge in [-0.3, -0.25) is 9.69 Å². The van der Waals surface area contributed by atoms with E-state index >= 15 is 0 Å². The molecule has 1 amide bonds. The molecule has 5 heteroatoms. The van der Waals surface area contributed by atoms with Gasteiger partial charge in [0, 0.05) is 43.5 Å². The van der Waals surface area contributed by atoms with E-state index in [1.807, 2.05) is 28.4 Å². The number of rotatable bonds is 7. The highest BCUT2D eigenvalue weighted by Gasteiger charge is 2.35. The Morgan fingerprint density at radius 2 is 2.04 bits per heavy atom. The third-order valence-corrected chi connectivity index (χ3v) is 6.62. The van der Waals surface area contributed by atoms with Crippen molar-refractivity contribution in [1.82, 2.24) is 9.80 Å². The predicted molar refractivity (Wildman–Crippen MR) is 109 cm³/mol.